The van der Waals surface area contributed by atoms with Gasteiger partial charge in [-0.15, -0.1) is 10.2 Å². The second kappa shape index (κ2) is 7.34. The van der Waals surface area contributed by atoms with E-state index in [1.807, 2.05) is 0 Å². The largest absolute Gasteiger partial charge is 0.299 e. The van der Waals surface area contributed by atoms with Crippen LogP contribution in [0.2, 0.25) is 0 Å². The Morgan fingerprint density at radius 3 is 2.28 bits per heavy atom. The molecule has 0 fully saturated rings. The molecular formula is C22H14F2N6O2. The Hall–Kier alpha value is -4.47. The van der Waals surface area contributed by atoms with Crippen LogP contribution in [0.15, 0.2) is 65.6 Å². The fourth-order valence-corrected chi connectivity index (χ4v) is 3.47. The van der Waals surface area contributed by atoms with Gasteiger partial charge in [-0.1, -0.05) is 12.1 Å². The predicted molar refractivity (Wildman–Crippen MR) is 113 cm³/mol. The number of nitrogens with zero attached hydrogens (tertiary/aromatic N) is 5. The summed E-state index contributed by atoms with van der Waals surface area (Å²) in [6, 6.07) is 12.4. The van der Waals surface area contributed by atoms with Crippen molar-refractivity contribution in [1.29, 1.82) is 0 Å². The molecule has 0 saturated carbocycles. The lowest BCUT2D eigenvalue weighted by Crippen LogP contribution is -2.33. The molecule has 0 atom stereocenters. The fourth-order valence-electron chi connectivity index (χ4n) is 3.47. The van der Waals surface area contributed by atoms with Gasteiger partial charge in [0.05, 0.1) is 11.3 Å². The number of halogens is 2. The topological polar surface area (TPSA) is 94.2 Å². The third-order valence-electron chi connectivity index (χ3n) is 5.02. The first kappa shape index (κ1) is 19.5. The molecule has 0 unspecified atom stereocenters. The van der Waals surface area contributed by atoms with Crippen molar-refractivity contribution in [2.24, 2.45) is 0 Å². The number of carbonyl (C=O) groups excluding carboxylic acids is 1. The van der Waals surface area contributed by atoms with Gasteiger partial charge in [0.2, 0.25) is 0 Å². The zero-order valence-corrected chi connectivity index (χ0v) is 16.6. The molecule has 0 saturated heterocycles. The molecular weight excluding hydrogens is 418 g/mol. The van der Waals surface area contributed by atoms with Crippen LogP contribution in [0.25, 0.3) is 27.8 Å². The molecule has 0 aliphatic carbocycles. The van der Waals surface area contributed by atoms with E-state index in [0.29, 0.717) is 28.0 Å². The number of hydrogen-bond acceptors (Lipinski definition) is 5. The standard InChI is InChI=1S/C22H14F2N6O2/c1-12-18(13-2-6-15(23)7-3-13)20-26-25-19-17(30(20)27-12)10-11-29(22(19)32)28-21(31)14-4-8-16(24)9-5-14/h2-11H,1H3,(H,28,31). The normalized spacial score (nSPS) is 11.2. The Morgan fingerprint density at radius 2 is 1.59 bits per heavy atom. The number of amides is 1. The van der Waals surface area contributed by atoms with Crippen LogP contribution in [0.4, 0.5) is 8.78 Å². The molecule has 32 heavy (non-hydrogen) atoms. The Balaban J connectivity index is 1.59. The second-order valence-electron chi connectivity index (χ2n) is 7.08. The van der Waals surface area contributed by atoms with E-state index >= 15 is 0 Å². The summed E-state index contributed by atoms with van der Waals surface area (Å²) < 4.78 is 28.9. The lowest BCUT2D eigenvalue weighted by molar-refractivity contribution is 0.101. The van der Waals surface area contributed by atoms with E-state index in [4.69, 9.17) is 0 Å². The van der Waals surface area contributed by atoms with Crippen molar-refractivity contribution in [3.63, 3.8) is 0 Å². The third kappa shape index (κ3) is 3.18. The summed E-state index contributed by atoms with van der Waals surface area (Å²) >= 11 is 0. The summed E-state index contributed by atoms with van der Waals surface area (Å²) in [6.45, 7) is 1.78. The smallest absolute Gasteiger partial charge is 0.267 e. The van der Waals surface area contributed by atoms with E-state index in [1.54, 1.807) is 25.1 Å². The maximum Gasteiger partial charge on any atom is 0.299 e. The Morgan fingerprint density at radius 1 is 0.938 bits per heavy atom. The van der Waals surface area contributed by atoms with E-state index in [-0.39, 0.29) is 16.9 Å². The molecule has 2 aromatic carbocycles. The summed E-state index contributed by atoms with van der Waals surface area (Å²) in [5.74, 6) is -1.42. The highest BCUT2D eigenvalue weighted by molar-refractivity contribution is 6.00. The highest BCUT2D eigenvalue weighted by atomic mass is 19.1. The summed E-state index contributed by atoms with van der Waals surface area (Å²) in [5, 5.41) is 12.7. The number of pyridine rings is 1. The van der Waals surface area contributed by atoms with Crippen molar-refractivity contribution in [1.82, 2.24) is 24.5 Å². The summed E-state index contributed by atoms with van der Waals surface area (Å²) in [7, 11) is 0. The quantitative estimate of drug-likeness (QED) is 0.473. The molecule has 3 heterocycles. The molecule has 10 heteroatoms. The van der Waals surface area contributed by atoms with Crippen molar-refractivity contribution < 1.29 is 13.6 Å². The minimum Gasteiger partial charge on any atom is -0.267 e. The van der Waals surface area contributed by atoms with Crippen LogP contribution in [0.1, 0.15) is 16.1 Å². The lowest BCUT2D eigenvalue weighted by atomic mass is 10.1. The maximum absolute atomic E-state index is 13.3. The zero-order chi connectivity index (χ0) is 22.4. The van der Waals surface area contributed by atoms with E-state index in [9.17, 15) is 18.4 Å². The van der Waals surface area contributed by atoms with Crippen LogP contribution < -0.4 is 11.0 Å². The van der Waals surface area contributed by atoms with Gasteiger partial charge in [-0.25, -0.2) is 18.0 Å². The molecule has 0 aliphatic heterocycles. The van der Waals surface area contributed by atoms with E-state index in [0.717, 1.165) is 16.8 Å². The van der Waals surface area contributed by atoms with Gasteiger partial charge >= 0.3 is 0 Å². The monoisotopic (exact) mass is 432 g/mol. The Bertz CT molecular complexity index is 1560. The predicted octanol–water partition coefficient (Wildman–Crippen LogP) is 3.08. The third-order valence-corrected chi connectivity index (χ3v) is 5.02. The number of aryl methyl sites for hydroxylation is 1. The molecule has 5 rings (SSSR count). The molecule has 0 aliphatic rings. The number of carbonyl (C=O) groups is 1. The Kier molecular flexibility index (Phi) is 4.47. The van der Waals surface area contributed by atoms with Crippen LogP contribution in [0.3, 0.4) is 0 Å². The van der Waals surface area contributed by atoms with Gasteiger partial charge in [0.15, 0.2) is 11.2 Å². The fraction of sp³-hybridized carbons (Fsp3) is 0.0455. The minimum atomic E-state index is -0.608. The van der Waals surface area contributed by atoms with Gasteiger partial charge in [-0.3, -0.25) is 15.0 Å². The van der Waals surface area contributed by atoms with E-state index in [1.165, 1.54) is 35.0 Å². The van der Waals surface area contributed by atoms with Crippen molar-refractivity contribution in [2.75, 3.05) is 5.43 Å². The average molecular weight is 432 g/mol. The molecule has 5 aromatic rings. The first-order chi connectivity index (χ1) is 15.4. The molecule has 0 bridgehead atoms. The molecule has 0 radical (unpaired) electrons. The van der Waals surface area contributed by atoms with Gasteiger partial charge < -0.3 is 0 Å². The number of benzene rings is 2. The summed E-state index contributed by atoms with van der Waals surface area (Å²) in [4.78, 5) is 25.3. The van der Waals surface area contributed by atoms with Crippen LogP contribution in [-0.2, 0) is 0 Å². The SMILES string of the molecule is Cc1nn2c(nnc3c(=O)n(NC(=O)c4ccc(F)cc4)ccc32)c1-c1ccc(F)cc1. The van der Waals surface area contributed by atoms with Gasteiger partial charge in [-0.05, 0) is 55.0 Å². The van der Waals surface area contributed by atoms with Crippen LogP contribution in [0, 0.1) is 18.6 Å². The van der Waals surface area contributed by atoms with E-state index < -0.39 is 17.3 Å². The first-order valence-electron chi connectivity index (χ1n) is 9.52. The average Bonchev–Trinajstić information content (AvgIpc) is 3.13. The van der Waals surface area contributed by atoms with Gasteiger partial charge in [0.1, 0.15) is 17.2 Å². The van der Waals surface area contributed by atoms with E-state index in [2.05, 4.69) is 20.7 Å². The number of rotatable bonds is 3. The second-order valence-corrected chi connectivity index (χ2v) is 7.08. The Labute approximate surface area is 178 Å². The molecule has 1 N–H and O–H groups in total. The van der Waals surface area contributed by atoms with Crippen molar-refractivity contribution in [2.45, 2.75) is 6.92 Å². The maximum atomic E-state index is 13.3. The number of nitrogens with one attached hydrogen (secondary N) is 1. The molecule has 0 spiro atoms. The summed E-state index contributed by atoms with van der Waals surface area (Å²) in [5.41, 5.74) is 4.84. The van der Waals surface area contributed by atoms with Crippen molar-refractivity contribution >= 4 is 22.6 Å². The molecule has 8 nitrogen and oxygen atoms in total. The zero-order valence-electron chi connectivity index (χ0n) is 16.6. The van der Waals surface area contributed by atoms with Crippen LogP contribution in [0.5, 0.6) is 0 Å². The lowest BCUT2D eigenvalue weighted by Gasteiger charge is -2.09. The number of fused-ring (bicyclic) bond motifs is 3. The van der Waals surface area contributed by atoms with Gasteiger partial charge in [0.25, 0.3) is 11.5 Å². The summed E-state index contributed by atoms with van der Waals surface area (Å²) in [6.07, 6.45) is 1.38. The minimum absolute atomic E-state index is 0.00689. The molecule has 158 valence electrons. The van der Waals surface area contributed by atoms with Crippen LogP contribution in [-0.4, -0.2) is 30.4 Å². The molecule has 3 aromatic heterocycles. The number of hydrogen-bond donors (Lipinski definition) is 1. The highest BCUT2D eigenvalue weighted by Gasteiger charge is 2.18. The number of aromatic nitrogens is 5. The van der Waals surface area contributed by atoms with Gasteiger partial charge in [-0.2, -0.15) is 5.10 Å². The van der Waals surface area contributed by atoms with Crippen molar-refractivity contribution in [3.8, 4) is 11.1 Å². The first-order valence-corrected chi connectivity index (χ1v) is 9.52. The molecule has 1 amide bonds. The van der Waals surface area contributed by atoms with Gasteiger partial charge in [0, 0.05) is 11.8 Å². The van der Waals surface area contributed by atoms with Crippen LogP contribution >= 0.6 is 0 Å². The van der Waals surface area contributed by atoms with Crippen molar-refractivity contribution in [3.05, 3.63) is 94.0 Å². The highest BCUT2D eigenvalue weighted by Crippen LogP contribution is 2.28.